The summed E-state index contributed by atoms with van der Waals surface area (Å²) in [4.78, 5) is 4.36. The van der Waals surface area contributed by atoms with Gasteiger partial charge in [0.1, 0.15) is 0 Å². The highest BCUT2D eigenvalue weighted by Gasteiger charge is 2.05. The summed E-state index contributed by atoms with van der Waals surface area (Å²) in [5, 5.41) is 2.89. The number of hydrogen-bond acceptors (Lipinski definition) is 3. The van der Waals surface area contributed by atoms with Crippen LogP contribution >= 0.6 is 0 Å². The number of hydrogen-bond donors (Lipinski definition) is 2. The third-order valence-electron chi connectivity index (χ3n) is 2.06. The Morgan fingerprint density at radius 3 is 2.41 bits per heavy atom. The second kappa shape index (κ2) is 5.67. The fraction of sp³-hybridized carbons (Fsp3) is 0.364. The summed E-state index contributed by atoms with van der Waals surface area (Å²) < 4.78 is 22.5. The third kappa shape index (κ3) is 4.44. The van der Waals surface area contributed by atoms with Gasteiger partial charge in [-0.1, -0.05) is 6.92 Å². The van der Waals surface area contributed by atoms with Gasteiger partial charge >= 0.3 is 0 Å². The molecular formula is C11H17N3O2S. The van der Waals surface area contributed by atoms with Gasteiger partial charge in [-0.25, -0.2) is 8.42 Å². The van der Waals surface area contributed by atoms with Crippen LogP contribution in [0.1, 0.15) is 13.3 Å². The number of nitrogens with one attached hydrogen (secondary N) is 1. The predicted octanol–water partition coefficient (Wildman–Crippen LogP) is 1.23. The normalized spacial score (nSPS) is 12.5. The number of rotatable bonds is 4. The lowest BCUT2D eigenvalue weighted by Gasteiger charge is -2.06. The molecule has 0 saturated heterocycles. The molecule has 5 nitrogen and oxygen atoms in total. The van der Waals surface area contributed by atoms with Crippen LogP contribution in [-0.4, -0.2) is 27.2 Å². The van der Waals surface area contributed by atoms with Crippen molar-refractivity contribution in [3.63, 3.8) is 0 Å². The van der Waals surface area contributed by atoms with E-state index >= 15 is 0 Å². The highest BCUT2D eigenvalue weighted by Crippen LogP contribution is 2.13. The molecule has 0 aliphatic carbocycles. The summed E-state index contributed by atoms with van der Waals surface area (Å²) in [6.45, 7) is 2.68. The van der Waals surface area contributed by atoms with Crippen LogP contribution in [0.4, 0.5) is 5.69 Å². The van der Waals surface area contributed by atoms with Crippen LogP contribution in [0.25, 0.3) is 0 Å². The van der Waals surface area contributed by atoms with Crippen molar-refractivity contribution in [1.82, 2.24) is 0 Å². The Kier molecular flexibility index (Phi) is 4.51. The first-order chi connectivity index (χ1) is 7.93. The summed E-state index contributed by atoms with van der Waals surface area (Å²) >= 11 is 0. The highest BCUT2D eigenvalue weighted by atomic mass is 32.2. The van der Waals surface area contributed by atoms with Crippen molar-refractivity contribution < 1.29 is 8.42 Å². The van der Waals surface area contributed by atoms with E-state index in [2.05, 4.69) is 10.3 Å². The van der Waals surface area contributed by atoms with Gasteiger partial charge in [0.05, 0.1) is 4.90 Å². The van der Waals surface area contributed by atoms with Crippen LogP contribution in [-0.2, 0) is 9.84 Å². The monoisotopic (exact) mass is 255 g/mol. The molecule has 17 heavy (non-hydrogen) atoms. The first-order valence-electron chi connectivity index (χ1n) is 5.30. The first kappa shape index (κ1) is 13.5. The molecule has 0 heterocycles. The lowest BCUT2D eigenvalue weighted by Crippen LogP contribution is -2.22. The zero-order valence-electron chi connectivity index (χ0n) is 9.97. The lowest BCUT2D eigenvalue weighted by molar-refractivity contribution is 0.602. The molecule has 0 bridgehead atoms. The molecular weight excluding hydrogens is 238 g/mol. The van der Waals surface area contributed by atoms with Gasteiger partial charge in [0, 0.05) is 18.5 Å². The molecule has 1 rings (SSSR count). The second-order valence-electron chi connectivity index (χ2n) is 3.69. The maximum Gasteiger partial charge on any atom is 0.193 e. The van der Waals surface area contributed by atoms with Gasteiger partial charge in [-0.15, -0.1) is 0 Å². The van der Waals surface area contributed by atoms with Gasteiger partial charge < -0.3 is 11.1 Å². The minimum atomic E-state index is -3.15. The molecule has 0 atom stereocenters. The fourth-order valence-corrected chi connectivity index (χ4v) is 1.84. The molecule has 0 spiro atoms. The van der Waals surface area contributed by atoms with Crippen molar-refractivity contribution in [3.8, 4) is 0 Å². The van der Waals surface area contributed by atoms with Crippen LogP contribution in [0.2, 0.25) is 0 Å². The highest BCUT2D eigenvalue weighted by molar-refractivity contribution is 7.90. The van der Waals surface area contributed by atoms with Gasteiger partial charge in [-0.2, -0.15) is 0 Å². The zero-order valence-corrected chi connectivity index (χ0v) is 10.8. The standard InChI is InChI=1S/C11H17N3O2S/c1-3-8-13-11(12)14-9-4-6-10(7-5-9)17(2,15)16/h4-7H,3,8H2,1-2H3,(H3,12,13,14). The van der Waals surface area contributed by atoms with Crippen LogP contribution in [0.3, 0.4) is 0 Å². The Morgan fingerprint density at radius 1 is 1.35 bits per heavy atom. The van der Waals surface area contributed by atoms with E-state index in [1.54, 1.807) is 12.1 Å². The van der Waals surface area contributed by atoms with Crippen molar-refractivity contribution in [2.45, 2.75) is 18.2 Å². The summed E-state index contributed by atoms with van der Waals surface area (Å²) in [7, 11) is -3.15. The maximum absolute atomic E-state index is 11.2. The lowest BCUT2D eigenvalue weighted by atomic mass is 10.3. The van der Waals surface area contributed by atoms with Gasteiger partial charge in [-0.3, -0.25) is 4.99 Å². The summed E-state index contributed by atoms with van der Waals surface area (Å²) in [6.07, 6.45) is 2.10. The fourth-order valence-electron chi connectivity index (χ4n) is 1.21. The van der Waals surface area contributed by atoms with Crippen LogP contribution < -0.4 is 11.1 Å². The van der Waals surface area contributed by atoms with Gasteiger partial charge in [0.2, 0.25) is 0 Å². The Labute approximate surface area is 102 Å². The molecule has 0 fully saturated rings. The third-order valence-corrected chi connectivity index (χ3v) is 3.19. The maximum atomic E-state index is 11.2. The van der Waals surface area contributed by atoms with Crippen molar-refractivity contribution in [3.05, 3.63) is 24.3 Å². The van der Waals surface area contributed by atoms with E-state index in [0.29, 0.717) is 12.5 Å². The second-order valence-corrected chi connectivity index (χ2v) is 5.70. The topological polar surface area (TPSA) is 84.5 Å². The molecule has 0 aliphatic heterocycles. The Morgan fingerprint density at radius 2 is 1.94 bits per heavy atom. The molecule has 6 heteroatoms. The van der Waals surface area contributed by atoms with Crippen LogP contribution in [0, 0.1) is 0 Å². The molecule has 94 valence electrons. The van der Waals surface area contributed by atoms with Crippen LogP contribution in [0.5, 0.6) is 0 Å². The number of aliphatic imine (C=N–C) groups is 1. The summed E-state index contributed by atoms with van der Waals surface area (Å²) in [6, 6.07) is 6.38. The molecule has 1 aromatic rings. The number of benzene rings is 1. The minimum absolute atomic E-state index is 0.284. The van der Waals surface area contributed by atoms with E-state index in [4.69, 9.17) is 5.73 Å². The van der Waals surface area contributed by atoms with E-state index in [9.17, 15) is 8.42 Å². The van der Waals surface area contributed by atoms with E-state index in [-0.39, 0.29) is 4.90 Å². The largest absolute Gasteiger partial charge is 0.370 e. The Bertz CT molecular complexity index is 492. The zero-order chi connectivity index (χ0) is 12.9. The van der Waals surface area contributed by atoms with Gasteiger partial charge in [0.25, 0.3) is 0 Å². The van der Waals surface area contributed by atoms with E-state index in [1.807, 2.05) is 6.92 Å². The van der Waals surface area contributed by atoms with Crippen molar-refractivity contribution >= 4 is 21.5 Å². The predicted molar refractivity (Wildman–Crippen MR) is 70.0 cm³/mol. The Balaban J connectivity index is 2.76. The SMILES string of the molecule is CCCN=C(N)Nc1ccc(S(C)(=O)=O)cc1. The van der Waals surface area contributed by atoms with Crippen molar-refractivity contribution in [2.24, 2.45) is 10.7 Å². The summed E-state index contributed by atoms with van der Waals surface area (Å²) in [5.41, 5.74) is 6.35. The van der Waals surface area contributed by atoms with E-state index in [0.717, 1.165) is 12.1 Å². The molecule has 0 saturated carbocycles. The number of anilines is 1. The average Bonchev–Trinajstić information content (AvgIpc) is 2.26. The number of sulfone groups is 1. The number of guanidine groups is 1. The van der Waals surface area contributed by atoms with Crippen molar-refractivity contribution in [1.29, 1.82) is 0 Å². The molecule has 0 aromatic heterocycles. The van der Waals surface area contributed by atoms with Gasteiger partial charge in [-0.05, 0) is 30.7 Å². The quantitative estimate of drug-likeness (QED) is 0.626. The Hall–Kier alpha value is -1.56. The number of nitrogens with zero attached hydrogens (tertiary/aromatic N) is 1. The first-order valence-corrected chi connectivity index (χ1v) is 7.19. The summed E-state index contributed by atoms with van der Waals surface area (Å²) in [5.74, 6) is 0.332. The molecule has 1 aromatic carbocycles. The van der Waals surface area contributed by atoms with E-state index < -0.39 is 9.84 Å². The minimum Gasteiger partial charge on any atom is -0.370 e. The smallest absolute Gasteiger partial charge is 0.193 e. The molecule has 0 radical (unpaired) electrons. The molecule has 0 unspecified atom stereocenters. The van der Waals surface area contributed by atoms with Gasteiger partial charge in [0.15, 0.2) is 15.8 Å². The average molecular weight is 255 g/mol. The molecule has 3 N–H and O–H groups in total. The molecule has 0 amide bonds. The van der Waals surface area contributed by atoms with E-state index in [1.165, 1.54) is 18.4 Å². The van der Waals surface area contributed by atoms with Crippen LogP contribution in [0.15, 0.2) is 34.2 Å². The van der Waals surface area contributed by atoms with Crippen molar-refractivity contribution in [2.75, 3.05) is 18.1 Å². The number of nitrogens with two attached hydrogens (primary N) is 1. The molecule has 0 aliphatic rings.